The molecule has 166 valence electrons. The molecule has 1 amide bonds. The van der Waals surface area contributed by atoms with Crippen LogP contribution in [0.15, 0.2) is 53.3 Å². The Morgan fingerprint density at radius 1 is 1.12 bits per heavy atom. The van der Waals surface area contributed by atoms with E-state index in [1.165, 1.54) is 0 Å². The number of para-hydroxylation sites is 1. The average molecular weight is 456 g/mol. The molecular weight excluding hydrogens is 434 g/mol. The summed E-state index contributed by atoms with van der Waals surface area (Å²) in [6.07, 6.45) is 0. The van der Waals surface area contributed by atoms with Gasteiger partial charge in [0.1, 0.15) is 0 Å². The Balaban J connectivity index is 1.87. The summed E-state index contributed by atoms with van der Waals surface area (Å²) < 4.78 is 11.5. The number of ether oxygens (including phenoxy) is 2. The molecule has 0 radical (unpaired) electrons. The molecule has 0 atom stereocenters. The summed E-state index contributed by atoms with van der Waals surface area (Å²) >= 11 is 6.17. The normalized spacial score (nSPS) is 10.5. The number of aromatic nitrogens is 2. The summed E-state index contributed by atoms with van der Waals surface area (Å²) in [6, 6.07) is 13.2. The van der Waals surface area contributed by atoms with Crippen LogP contribution < -0.4 is 15.6 Å². The number of anilines is 1. The monoisotopic (exact) mass is 455 g/mol. The lowest BCUT2D eigenvalue weighted by Crippen LogP contribution is -2.27. The van der Waals surface area contributed by atoms with E-state index in [4.69, 9.17) is 21.1 Å². The van der Waals surface area contributed by atoms with Crippen molar-refractivity contribution in [3.8, 4) is 11.4 Å². The van der Waals surface area contributed by atoms with E-state index < -0.39 is 24.0 Å². The van der Waals surface area contributed by atoms with Crippen LogP contribution >= 0.6 is 11.6 Å². The highest BCUT2D eigenvalue weighted by Gasteiger charge is 2.21. The standard InChI is InChI=1S/C23H22ClN3O5/c1-4-31-23(30)22-19(12-21(29)27(26-22)18-8-6-5-7-16(18)24)32-13-20(28)25-17-10-9-14(2)11-15(17)3/h5-12H,4,13H2,1-3H3,(H,25,28). The SMILES string of the molecule is CCOC(=O)c1nn(-c2ccccc2Cl)c(=O)cc1OCC(=O)Nc1ccc(C)cc1C. The highest BCUT2D eigenvalue weighted by molar-refractivity contribution is 6.32. The summed E-state index contributed by atoms with van der Waals surface area (Å²) in [6.45, 7) is 5.13. The number of carbonyl (C=O) groups is 2. The number of rotatable bonds is 7. The molecule has 32 heavy (non-hydrogen) atoms. The van der Waals surface area contributed by atoms with Crippen molar-refractivity contribution in [2.75, 3.05) is 18.5 Å². The van der Waals surface area contributed by atoms with Crippen LogP contribution in [0.2, 0.25) is 5.02 Å². The molecule has 0 aliphatic heterocycles. The van der Waals surface area contributed by atoms with Gasteiger partial charge in [0.05, 0.1) is 23.4 Å². The van der Waals surface area contributed by atoms with Gasteiger partial charge in [-0.2, -0.15) is 9.78 Å². The quantitative estimate of drug-likeness (QED) is 0.545. The van der Waals surface area contributed by atoms with Crippen molar-refractivity contribution < 1.29 is 19.1 Å². The molecule has 0 saturated heterocycles. The molecule has 8 nitrogen and oxygen atoms in total. The van der Waals surface area contributed by atoms with E-state index in [2.05, 4.69) is 10.4 Å². The van der Waals surface area contributed by atoms with Crippen LogP contribution in [0.3, 0.4) is 0 Å². The summed E-state index contributed by atoms with van der Waals surface area (Å²) in [5.74, 6) is -1.41. The van der Waals surface area contributed by atoms with E-state index in [0.29, 0.717) is 11.4 Å². The first-order valence-corrected chi connectivity index (χ1v) is 10.2. The van der Waals surface area contributed by atoms with Crippen LogP contribution in [0, 0.1) is 13.8 Å². The van der Waals surface area contributed by atoms with Crippen molar-refractivity contribution in [1.29, 1.82) is 0 Å². The minimum absolute atomic E-state index is 0.0956. The average Bonchev–Trinajstić information content (AvgIpc) is 2.75. The molecule has 0 fully saturated rings. The van der Waals surface area contributed by atoms with Crippen LogP contribution in [0.1, 0.15) is 28.5 Å². The number of carbonyl (C=O) groups excluding carboxylic acids is 2. The van der Waals surface area contributed by atoms with E-state index in [1.54, 1.807) is 37.3 Å². The molecule has 9 heteroatoms. The molecular formula is C23H22ClN3O5. The van der Waals surface area contributed by atoms with Gasteiger partial charge in [-0.1, -0.05) is 41.4 Å². The van der Waals surface area contributed by atoms with Crippen LogP contribution in [-0.4, -0.2) is 34.9 Å². The van der Waals surface area contributed by atoms with Gasteiger partial charge in [0, 0.05) is 5.69 Å². The van der Waals surface area contributed by atoms with Crippen molar-refractivity contribution in [2.24, 2.45) is 0 Å². The number of benzene rings is 2. The summed E-state index contributed by atoms with van der Waals surface area (Å²) in [4.78, 5) is 37.5. The van der Waals surface area contributed by atoms with Crippen LogP contribution in [-0.2, 0) is 9.53 Å². The van der Waals surface area contributed by atoms with E-state index in [0.717, 1.165) is 21.9 Å². The Kier molecular flexibility index (Phi) is 7.27. The molecule has 0 unspecified atom stereocenters. The first-order valence-electron chi connectivity index (χ1n) is 9.86. The third kappa shape index (κ3) is 5.33. The molecule has 0 aliphatic carbocycles. The van der Waals surface area contributed by atoms with Crippen molar-refractivity contribution in [3.05, 3.63) is 80.7 Å². The maximum Gasteiger partial charge on any atom is 0.362 e. The Morgan fingerprint density at radius 3 is 2.56 bits per heavy atom. The van der Waals surface area contributed by atoms with Gasteiger partial charge in [-0.3, -0.25) is 9.59 Å². The van der Waals surface area contributed by atoms with E-state index in [-0.39, 0.29) is 23.1 Å². The second kappa shape index (κ2) is 10.1. The zero-order valence-electron chi connectivity index (χ0n) is 17.8. The predicted molar refractivity (Wildman–Crippen MR) is 121 cm³/mol. The van der Waals surface area contributed by atoms with Gasteiger partial charge in [0.25, 0.3) is 11.5 Å². The lowest BCUT2D eigenvalue weighted by molar-refractivity contribution is -0.118. The molecule has 0 bridgehead atoms. The smallest absolute Gasteiger partial charge is 0.362 e. The van der Waals surface area contributed by atoms with E-state index in [1.807, 2.05) is 26.0 Å². The predicted octanol–water partition coefficient (Wildman–Crippen LogP) is 3.70. The second-order valence-electron chi connectivity index (χ2n) is 6.93. The second-order valence-corrected chi connectivity index (χ2v) is 7.34. The number of hydrogen-bond donors (Lipinski definition) is 1. The van der Waals surface area contributed by atoms with Gasteiger partial charge in [0.2, 0.25) is 5.69 Å². The van der Waals surface area contributed by atoms with Crippen LogP contribution in [0.25, 0.3) is 5.69 Å². The third-order valence-corrected chi connectivity index (χ3v) is 4.78. The van der Waals surface area contributed by atoms with Crippen LogP contribution in [0.5, 0.6) is 5.75 Å². The third-order valence-electron chi connectivity index (χ3n) is 4.46. The topological polar surface area (TPSA) is 99.5 Å². The molecule has 0 aliphatic rings. The van der Waals surface area contributed by atoms with Gasteiger partial charge in [-0.25, -0.2) is 4.79 Å². The number of hydrogen-bond acceptors (Lipinski definition) is 6. The number of nitrogens with zero attached hydrogens (tertiary/aromatic N) is 2. The lowest BCUT2D eigenvalue weighted by Gasteiger charge is -2.14. The van der Waals surface area contributed by atoms with E-state index in [9.17, 15) is 14.4 Å². The molecule has 0 saturated carbocycles. The fourth-order valence-corrected chi connectivity index (χ4v) is 3.19. The lowest BCUT2D eigenvalue weighted by atomic mass is 10.1. The van der Waals surface area contributed by atoms with Crippen molar-refractivity contribution in [3.63, 3.8) is 0 Å². The Labute approximate surface area is 189 Å². The maximum atomic E-state index is 12.6. The maximum absolute atomic E-state index is 12.6. The molecule has 2 aromatic carbocycles. The van der Waals surface area contributed by atoms with Crippen molar-refractivity contribution >= 4 is 29.2 Å². The van der Waals surface area contributed by atoms with Crippen molar-refractivity contribution in [1.82, 2.24) is 9.78 Å². The van der Waals surface area contributed by atoms with Gasteiger partial charge < -0.3 is 14.8 Å². The Hall–Kier alpha value is -3.65. The molecule has 0 spiro atoms. The summed E-state index contributed by atoms with van der Waals surface area (Å²) in [5, 5.41) is 7.11. The van der Waals surface area contributed by atoms with Gasteiger partial charge in [-0.15, -0.1) is 0 Å². The fraction of sp³-hybridized carbons (Fsp3) is 0.217. The molecule has 3 rings (SSSR count). The Morgan fingerprint density at radius 2 is 1.88 bits per heavy atom. The van der Waals surface area contributed by atoms with Gasteiger partial charge >= 0.3 is 5.97 Å². The number of aryl methyl sites for hydroxylation is 2. The largest absolute Gasteiger partial charge is 0.481 e. The van der Waals surface area contributed by atoms with Gasteiger partial charge in [0.15, 0.2) is 12.4 Å². The first-order chi connectivity index (χ1) is 15.3. The fourth-order valence-electron chi connectivity index (χ4n) is 2.97. The number of nitrogens with one attached hydrogen (secondary N) is 1. The van der Waals surface area contributed by atoms with E-state index >= 15 is 0 Å². The summed E-state index contributed by atoms with van der Waals surface area (Å²) in [7, 11) is 0. The zero-order valence-corrected chi connectivity index (χ0v) is 18.6. The molecule has 3 aromatic rings. The minimum Gasteiger partial charge on any atom is -0.481 e. The number of halogens is 1. The number of amides is 1. The number of esters is 1. The summed E-state index contributed by atoms with van der Waals surface area (Å²) in [5.41, 5.74) is 2.07. The highest BCUT2D eigenvalue weighted by atomic mass is 35.5. The zero-order chi connectivity index (χ0) is 23.3. The minimum atomic E-state index is -0.793. The Bertz CT molecular complexity index is 1220. The first kappa shape index (κ1) is 23.0. The molecule has 1 heterocycles. The molecule has 1 aromatic heterocycles. The van der Waals surface area contributed by atoms with Crippen molar-refractivity contribution in [2.45, 2.75) is 20.8 Å². The molecule has 1 N–H and O–H groups in total. The van der Waals surface area contributed by atoms with Gasteiger partial charge in [-0.05, 0) is 44.5 Å². The van der Waals surface area contributed by atoms with Crippen LogP contribution in [0.4, 0.5) is 5.69 Å². The highest BCUT2D eigenvalue weighted by Crippen LogP contribution is 2.21.